The van der Waals surface area contributed by atoms with Crippen molar-refractivity contribution in [2.45, 2.75) is 225 Å². The van der Waals surface area contributed by atoms with Crippen molar-refractivity contribution in [1.29, 1.82) is 0 Å². The van der Waals surface area contributed by atoms with E-state index in [1.165, 1.54) is 96.3 Å². The number of carbonyl (C=O) groups excluding carboxylic acids is 2. The van der Waals surface area contributed by atoms with Gasteiger partial charge in [-0.2, -0.15) is 0 Å². The van der Waals surface area contributed by atoms with Crippen molar-refractivity contribution in [3.05, 3.63) is 60.8 Å². The lowest BCUT2D eigenvalue weighted by Crippen LogP contribution is -2.29. The maximum absolute atomic E-state index is 12.4. The molecule has 0 aliphatic carbocycles. The molecular formula is C49H87O8P. The first-order valence-corrected chi connectivity index (χ1v) is 25.1. The number of allylic oxidation sites excluding steroid dienone is 10. The Balaban J connectivity index is 3.89. The molecule has 58 heavy (non-hydrogen) atoms. The monoisotopic (exact) mass is 835 g/mol. The fourth-order valence-corrected chi connectivity index (χ4v) is 6.90. The minimum atomic E-state index is -4.77. The third-order valence-corrected chi connectivity index (χ3v) is 10.5. The van der Waals surface area contributed by atoms with Crippen molar-refractivity contribution in [3.8, 4) is 0 Å². The summed E-state index contributed by atoms with van der Waals surface area (Å²) in [5.41, 5.74) is 0. The first-order chi connectivity index (χ1) is 28.3. The number of rotatable bonds is 43. The van der Waals surface area contributed by atoms with Crippen molar-refractivity contribution in [1.82, 2.24) is 0 Å². The number of hydrogen-bond acceptors (Lipinski definition) is 6. The topological polar surface area (TPSA) is 119 Å². The molecule has 9 heteroatoms. The van der Waals surface area contributed by atoms with Gasteiger partial charge in [0.05, 0.1) is 6.61 Å². The summed E-state index contributed by atoms with van der Waals surface area (Å²) in [5.74, 6) is -0.901. The smallest absolute Gasteiger partial charge is 0.462 e. The largest absolute Gasteiger partial charge is 0.469 e. The SMILES string of the molecule is CC/C=C\C/C=C\C/C=C\C/C=C\CCCCCCCCC(=O)OC(COC(=O)CCCCCCCCCCC/C=C\CCCCCCCCCC)COP(=O)(O)O. The van der Waals surface area contributed by atoms with Crippen molar-refractivity contribution in [2.75, 3.05) is 13.2 Å². The number of esters is 2. The average molecular weight is 835 g/mol. The lowest BCUT2D eigenvalue weighted by molar-refractivity contribution is -0.161. The van der Waals surface area contributed by atoms with Gasteiger partial charge >= 0.3 is 19.8 Å². The third kappa shape index (κ3) is 46.4. The molecule has 0 aliphatic rings. The molecule has 0 bridgehead atoms. The van der Waals surface area contributed by atoms with E-state index >= 15 is 0 Å². The Labute approximate surface area is 356 Å². The molecule has 0 aromatic heterocycles. The molecule has 0 amide bonds. The summed E-state index contributed by atoms with van der Waals surface area (Å²) in [6, 6.07) is 0. The highest BCUT2D eigenvalue weighted by molar-refractivity contribution is 7.46. The van der Waals surface area contributed by atoms with Crippen LogP contribution in [0.4, 0.5) is 0 Å². The van der Waals surface area contributed by atoms with Crippen LogP contribution in [0, 0.1) is 0 Å². The summed E-state index contributed by atoms with van der Waals surface area (Å²) in [4.78, 5) is 43.0. The van der Waals surface area contributed by atoms with Crippen LogP contribution >= 0.6 is 7.82 Å². The van der Waals surface area contributed by atoms with Crippen LogP contribution in [0.3, 0.4) is 0 Å². The lowest BCUT2D eigenvalue weighted by atomic mass is 10.1. The van der Waals surface area contributed by atoms with Gasteiger partial charge in [-0.1, -0.05) is 190 Å². The molecular weight excluding hydrogens is 748 g/mol. The second-order valence-corrected chi connectivity index (χ2v) is 16.9. The molecule has 0 heterocycles. The maximum atomic E-state index is 12.4. The van der Waals surface area contributed by atoms with Gasteiger partial charge in [-0.25, -0.2) is 4.57 Å². The minimum absolute atomic E-state index is 0.194. The van der Waals surface area contributed by atoms with Crippen LogP contribution < -0.4 is 0 Å². The predicted molar refractivity (Wildman–Crippen MR) is 244 cm³/mol. The Morgan fingerprint density at radius 2 is 0.828 bits per heavy atom. The second kappa shape index (κ2) is 44.3. The highest BCUT2D eigenvalue weighted by Crippen LogP contribution is 2.36. The maximum Gasteiger partial charge on any atom is 0.469 e. The van der Waals surface area contributed by atoms with Gasteiger partial charge < -0.3 is 19.3 Å². The molecule has 0 aliphatic heterocycles. The lowest BCUT2D eigenvalue weighted by Gasteiger charge is -2.18. The highest BCUT2D eigenvalue weighted by Gasteiger charge is 2.23. The fourth-order valence-electron chi connectivity index (χ4n) is 6.54. The first kappa shape index (κ1) is 55.8. The van der Waals surface area contributed by atoms with Crippen molar-refractivity contribution < 1.29 is 37.9 Å². The standard InChI is InChI=1S/C49H87O8P/c1-3-5-7-9-11-13-15-17-19-21-23-24-26-27-29-31-33-35-37-39-41-43-48(50)55-45-47(46-56-58(52,53)54)57-49(51)44-42-40-38-36-34-32-30-28-25-22-20-18-16-14-12-10-8-6-4-2/h6,8,12,14,18,20-21,23,25,28,47H,3-5,7,9-11,13,15-17,19,22,24,26-27,29-46H2,1-2H3,(H2,52,53,54)/b8-6-,14-12-,20-18-,23-21-,28-25-. The van der Waals surface area contributed by atoms with E-state index in [9.17, 15) is 14.2 Å². The summed E-state index contributed by atoms with van der Waals surface area (Å²) in [6.07, 6.45) is 56.6. The average Bonchev–Trinajstić information content (AvgIpc) is 3.20. The number of hydrogen-bond donors (Lipinski definition) is 2. The van der Waals surface area contributed by atoms with Gasteiger partial charge in [0.1, 0.15) is 6.61 Å². The van der Waals surface area contributed by atoms with Crippen LogP contribution in [-0.4, -0.2) is 41.0 Å². The van der Waals surface area contributed by atoms with E-state index in [0.29, 0.717) is 6.42 Å². The number of phosphoric acid groups is 1. The van der Waals surface area contributed by atoms with E-state index < -0.39 is 32.5 Å². The Hall–Kier alpha value is -2.25. The van der Waals surface area contributed by atoms with Gasteiger partial charge in [0.2, 0.25) is 0 Å². The first-order valence-electron chi connectivity index (χ1n) is 23.6. The van der Waals surface area contributed by atoms with Crippen LogP contribution in [0.2, 0.25) is 0 Å². The highest BCUT2D eigenvalue weighted by atomic mass is 31.2. The molecule has 0 fully saturated rings. The van der Waals surface area contributed by atoms with E-state index in [1.807, 2.05) is 0 Å². The van der Waals surface area contributed by atoms with Crippen LogP contribution in [0.1, 0.15) is 219 Å². The number of ether oxygens (including phenoxy) is 2. The van der Waals surface area contributed by atoms with Crippen molar-refractivity contribution in [2.24, 2.45) is 0 Å². The van der Waals surface area contributed by atoms with E-state index in [0.717, 1.165) is 89.9 Å². The third-order valence-electron chi connectivity index (χ3n) is 10.0. The van der Waals surface area contributed by atoms with Gasteiger partial charge in [0.15, 0.2) is 6.10 Å². The molecule has 0 radical (unpaired) electrons. The molecule has 2 N–H and O–H groups in total. The summed E-state index contributed by atoms with van der Waals surface area (Å²) >= 11 is 0. The van der Waals surface area contributed by atoms with Gasteiger partial charge in [-0.3, -0.25) is 14.1 Å². The van der Waals surface area contributed by atoms with Crippen LogP contribution in [-0.2, 0) is 28.2 Å². The number of carbonyl (C=O) groups is 2. The fraction of sp³-hybridized carbons (Fsp3) is 0.755. The molecule has 0 aromatic rings. The summed E-state index contributed by atoms with van der Waals surface area (Å²) < 4.78 is 26.5. The zero-order valence-corrected chi connectivity index (χ0v) is 38.1. The Bertz CT molecular complexity index is 1120. The van der Waals surface area contributed by atoms with Crippen LogP contribution in [0.25, 0.3) is 0 Å². The zero-order valence-electron chi connectivity index (χ0n) is 37.2. The van der Waals surface area contributed by atoms with Crippen molar-refractivity contribution in [3.63, 3.8) is 0 Å². The number of unbranched alkanes of at least 4 members (excludes halogenated alkanes) is 23. The summed E-state index contributed by atoms with van der Waals surface area (Å²) in [7, 11) is -4.77. The van der Waals surface area contributed by atoms with Gasteiger partial charge in [-0.05, 0) is 77.0 Å². The zero-order chi connectivity index (χ0) is 42.5. The molecule has 0 spiro atoms. The molecule has 1 atom stereocenters. The molecule has 0 rings (SSSR count). The van der Waals surface area contributed by atoms with E-state index in [4.69, 9.17) is 19.3 Å². The molecule has 8 nitrogen and oxygen atoms in total. The predicted octanol–water partition coefficient (Wildman–Crippen LogP) is 14.9. The Morgan fingerprint density at radius 1 is 0.466 bits per heavy atom. The van der Waals surface area contributed by atoms with Gasteiger partial charge in [0, 0.05) is 12.8 Å². The summed E-state index contributed by atoms with van der Waals surface area (Å²) in [6.45, 7) is 3.58. The Morgan fingerprint density at radius 3 is 1.26 bits per heavy atom. The second-order valence-electron chi connectivity index (χ2n) is 15.7. The quantitative estimate of drug-likeness (QED) is 0.0270. The number of phosphoric ester groups is 1. The van der Waals surface area contributed by atoms with E-state index in [-0.39, 0.29) is 19.4 Å². The molecule has 1 unspecified atom stereocenters. The van der Waals surface area contributed by atoms with Gasteiger partial charge in [0.25, 0.3) is 0 Å². The van der Waals surface area contributed by atoms with Crippen LogP contribution in [0.15, 0.2) is 60.8 Å². The molecule has 0 saturated carbocycles. The normalized spacial score (nSPS) is 13.0. The minimum Gasteiger partial charge on any atom is -0.462 e. The van der Waals surface area contributed by atoms with E-state index in [2.05, 4.69) is 79.1 Å². The van der Waals surface area contributed by atoms with Crippen molar-refractivity contribution >= 4 is 19.8 Å². The van der Waals surface area contributed by atoms with Crippen LogP contribution in [0.5, 0.6) is 0 Å². The molecule has 336 valence electrons. The van der Waals surface area contributed by atoms with E-state index in [1.54, 1.807) is 0 Å². The molecule has 0 saturated heterocycles. The molecule has 0 aromatic carbocycles. The Kier molecular flexibility index (Phi) is 42.6. The summed E-state index contributed by atoms with van der Waals surface area (Å²) in [5, 5.41) is 0. The van der Waals surface area contributed by atoms with Gasteiger partial charge in [-0.15, -0.1) is 0 Å².